The first kappa shape index (κ1) is 28.9. The molecule has 3 aromatic rings. The largest absolute Gasteiger partial charge is 0.469 e. The van der Waals surface area contributed by atoms with Crippen LogP contribution in [0, 0.1) is 11.6 Å². The van der Waals surface area contributed by atoms with E-state index in [1.807, 2.05) is 12.1 Å². The van der Waals surface area contributed by atoms with Crippen molar-refractivity contribution in [2.45, 2.75) is 25.4 Å². The number of halogens is 2. The van der Waals surface area contributed by atoms with Gasteiger partial charge in [-0.1, -0.05) is 36.4 Å². The summed E-state index contributed by atoms with van der Waals surface area (Å²) in [4.78, 5) is 49.2. The molecular weight excluding hydrogens is 525 g/mol. The van der Waals surface area contributed by atoms with E-state index < -0.39 is 37.6 Å². The van der Waals surface area contributed by atoms with Gasteiger partial charge in [0.05, 0.1) is 19.2 Å². The molecule has 0 spiro atoms. The number of fused-ring (bicyclic) bond motifs is 1. The molecule has 0 aliphatic heterocycles. The van der Waals surface area contributed by atoms with E-state index in [1.54, 1.807) is 18.2 Å². The monoisotopic (exact) mass is 552 g/mol. The molecule has 3 rings (SSSR count). The molecule has 0 saturated heterocycles. The minimum Gasteiger partial charge on any atom is -0.465 e. The van der Waals surface area contributed by atoms with Gasteiger partial charge in [0.25, 0.3) is 0 Å². The smallest absolute Gasteiger partial charge is 0.465 e. The Hall–Kier alpha value is -3.64. The highest BCUT2D eigenvalue weighted by Gasteiger charge is 2.27. The van der Waals surface area contributed by atoms with Crippen LogP contribution < -0.4 is 10.2 Å². The zero-order chi connectivity index (χ0) is 27.9. The molecule has 1 unspecified atom stereocenters. The average Bonchev–Trinajstić information content (AvgIpc) is 2.87. The van der Waals surface area contributed by atoms with Crippen LogP contribution in [0.3, 0.4) is 0 Å². The summed E-state index contributed by atoms with van der Waals surface area (Å²) in [5.41, 5.74) is -0.0779. The Bertz CT molecular complexity index is 1340. The summed E-state index contributed by atoms with van der Waals surface area (Å²) in [6, 6.07) is 10.9. The normalized spacial score (nSPS) is 12.2. The van der Waals surface area contributed by atoms with Crippen molar-refractivity contribution < 1.29 is 42.4 Å². The molecule has 1 aromatic heterocycles. The second-order valence-electron chi connectivity index (χ2n) is 8.39. The van der Waals surface area contributed by atoms with Crippen LogP contribution in [0.25, 0.3) is 10.8 Å². The number of urea groups is 1. The van der Waals surface area contributed by atoms with Crippen molar-refractivity contribution in [1.29, 1.82) is 0 Å². The van der Waals surface area contributed by atoms with Crippen LogP contribution in [0.5, 0.6) is 0 Å². The number of carboxylic acid groups (broad SMARTS) is 1. The lowest BCUT2D eigenvalue weighted by molar-refractivity contribution is 0.168. The number of aromatic nitrogens is 1. The van der Waals surface area contributed by atoms with Gasteiger partial charge in [-0.3, -0.25) is 9.42 Å². The molecule has 0 aliphatic carbocycles. The number of pyridine rings is 1. The van der Waals surface area contributed by atoms with Crippen molar-refractivity contribution in [3.05, 3.63) is 71.9 Å². The van der Waals surface area contributed by atoms with E-state index in [9.17, 15) is 28.0 Å². The Morgan fingerprint density at radius 2 is 1.84 bits per heavy atom. The Labute approximate surface area is 216 Å². The SMILES string of the molecule is CN(C(=O)NCc1cccc(F)c1F)C(CCCOP(=O)(O)O)CN(C(=O)O)c1cc2ccccc2cn1. The van der Waals surface area contributed by atoms with E-state index in [2.05, 4.69) is 14.8 Å². The summed E-state index contributed by atoms with van der Waals surface area (Å²) in [5, 5.41) is 13.9. The lowest BCUT2D eigenvalue weighted by Gasteiger charge is -2.32. The molecule has 4 N–H and O–H groups in total. The van der Waals surface area contributed by atoms with E-state index in [4.69, 9.17) is 9.79 Å². The Kier molecular flexibility index (Phi) is 9.70. The number of hydrogen-bond donors (Lipinski definition) is 4. The molecule has 11 nitrogen and oxygen atoms in total. The highest BCUT2D eigenvalue weighted by molar-refractivity contribution is 7.46. The van der Waals surface area contributed by atoms with Gasteiger partial charge < -0.3 is 25.1 Å². The quantitative estimate of drug-likeness (QED) is 0.205. The predicted octanol–water partition coefficient (Wildman–Crippen LogP) is 4.10. The summed E-state index contributed by atoms with van der Waals surface area (Å²) in [5.74, 6) is -2.04. The average molecular weight is 552 g/mol. The van der Waals surface area contributed by atoms with Crippen LogP contribution in [0.4, 0.5) is 24.2 Å². The number of benzene rings is 2. The number of carbonyl (C=O) groups is 2. The zero-order valence-electron chi connectivity index (χ0n) is 20.3. The van der Waals surface area contributed by atoms with Gasteiger partial charge in [0.1, 0.15) is 5.82 Å². The summed E-state index contributed by atoms with van der Waals surface area (Å²) in [7, 11) is -3.32. The number of carbonyl (C=O) groups excluding carboxylic acids is 1. The number of amides is 3. The fourth-order valence-electron chi connectivity index (χ4n) is 3.76. The summed E-state index contributed by atoms with van der Waals surface area (Å²) < 4.78 is 42.9. The third kappa shape index (κ3) is 7.93. The van der Waals surface area contributed by atoms with Crippen LogP contribution >= 0.6 is 7.82 Å². The number of likely N-dealkylation sites (N-methyl/N-ethyl adjacent to an activating group) is 1. The van der Waals surface area contributed by atoms with Crippen LogP contribution in [-0.4, -0.2) is 63.1 Å². The van der Waals surface area contributed by atoms with Crippen molar-refractivity contribution in [2.24, 2.45) is 0 Å². The van der Waals surface area contributed by atoms with Crippen LogP contribution in [0.1, 0.15) is 18.4 Å². The Balaban J connectivity index is 1.79. The van der Waals surface area contributed by atoms with Gasteiger partial charge in [0.15, 0.2) is 11.6 Å². The highest BCUT2D eigenvalue weighted by Crippen LogP contribution is 2.35. The summed E-state index contributed by atoms with van der Waals surface area (Å²) in [6.07, 6.45) is 0.355. The maximum Gasteiger partial charge on any atom is 0.469 e. The van der Waals surface area contributed by atoms with E-state index in [0.717, 1.165) is 21.7 Å². The number of rotatable bonds is 11. The molecule has 1 atom stereocenters. The van der Waals surface area contributed by atoms with Gasteiger partial charge in [-0.2, -0.15) is 0 Å². The third-order valence-electron chi connectivity index (χ3n) is 5.79. The first-order valence-corrected chi connectivity index (χ1v) is 13.0. The second kappa shape index (κ2) is 12.7. The predicted molar refractivity (Wildman–Crippen MR) is 134 cm³/mol. The van der Waals surface area contributed by atoms with E-state index in [-0.39, 0.29) is 43.9 Å². The fraction of sp³-hybridized carbons (Fsp3) is 0.292. The molecule has 0 saturated carbocycles. The number of phosphoric acid groups is 1. The number of nitrogens with zero attached hydrogens (tertiary/aromatic N) is 3. The van der Waals surface area contributed by atoms with Crippen LogP contribution in [0.15, 0.2) is 54.7 Å². The molecule has 14 heteroatoms. The zero-order valence-corrected chi connectivity index (χ0v) is 21.2. The first-order valence-electron chi connectivity index (χ1n) is 11.4. The molecule has 0 fully saturated rings. The van der Waals surface area contributed by atoms with E-state index in [1.165, 1.54) is 30.3 Å². The van der Waals surface area contributed by atoms with Crippen molar-refractivity contribution in [3.63, 3.8) is 0 Å². The number of hydrogen-bond acceptors (Lipinski definition) is 5. The second-order valence-corrected chi connectivity index (χ2v) is 9.62. The molecule has 2 aromatic carbocycles. The highest BCUT2D eigenvalue weighted by atomic mass is 31.2. The summed E-state index contributed by atoms with van der Waals surface area (Å²) >= 11 is 0. The maximum absolute atomic E-state index is 14.0. The van der Waals surface area contributed by atoms with Crippen LogP contribution in [-0.2, 0) is 15.6 Å². The van der Waals surface area contributed by atoms with Crippen molar-refractivity contribution in [2.75, 3.05) is 25.1 Å². The molecule has 38 heavy (non-hydrogen) atoms. The van der Waals surface area contributed by atoms with Crippen LogP contribution in [0.2, 0.25) is 0 Å². The molecule has 0 aliphatic rings. The topological polar surface area (TPSA) is 153 Å². The van der Waals surface area contributed by atoms with Crippen molar-refractivity contribution >= 4 is 36.5 Å². The molecular formula is C24H27F2N4O7P. The molecule has 0 radical (unpaired) electrons. The fourth-order valence-corrected chi connectivity index (χ4v) is 4.12. The van der Waals surface area contributed by atoms with E-state index in [0.29, 0.717) is 0 Å². The minimum atomic E-state index is -4.71. The molecule has 3 amide bonds. The molecule has 204 valence electrons. The number of anilines is 1. The van der Waals surface area contributed by atoms with Gasteiger partial charge in [0, 0.05) is 30.7 Å². The van der Waals surface area contributed by atoms with Gasteiger partial charge in [0.2, 0.25) is 0 Å². The summed E-state index contributed by atoms with van der Waals surface area (Å²) in [6.45, 7) is -0.906. The van der Waals surface area contributed by atoms with E-state index >= 15 is 0 Å². The lowest BCUT2D eigenvalue weighted by atomic mass is 10.1. The van der Waals surface area contributed by atoms with Gasteiger partial charge in [-0.25, -0.2) is 27.9 Å². The first-order chi connectivity index (χ1) is 18.0. The lowest BCUT2D eigenvalue weighted by Crippen LogP contribution is -2.50. The molecule has 0 bridgehead atoms. The standard InChI is InChI=1S/C24H27F2N4O7P/c1-29(23(31)28-14-18-8-4-10-20(25)22(18)26)19(9-5-11-37-38(34,35)36)15-30(24(32)33)21-12-16-6-2-3-7-17(16)13-27-21/h2-4,6-8,10,12-13,19H,5,9,11,14-15H2,1H3,(H,28,31)(H,32,33)(H2,34,35,36). The van der Waals surface area contributed by atoms with Gasteiger partial charge >= 0.3 is 19.9 Å². The Morgan fingerprint density at radius 3 is 2.53 bits per heavy atom. The van der Waals surface area contributed by atoms with Gasteiger partial charge in [-0.05, 0) is 30.4 Å². The number of nitrogens with one attached hydrogen (secondary N) is 1. The Morgan fingerprint density at radius 1 is 1.13 bits per heavy atom. The molecule has 1 heterocycles. The van der Waals surface area contributed by atoms with Crippen molar-refractivity contribution in [3.8, 4) is 0 Å². The van der Waals surface area contributed by atoms with Crippen molar-refractivity contribution in [1.82, 2.24) is 15.2 Å². The maximum atomic E-state index is 14.0. The van der Waals surface area contributed by atoms with Gasteiger partial charge in [-0.15, -0.1) is 0 Å². The minimum absolute atomic E-state index is 0.0739. The third-order valence-corrected chi connectivity index (χ3v) is 6.31. The number of phosphoric ester groups is 1.